The number of carbonyl (C=O) groups excluding carboxylic acids is 3. The topological polar surface area (TPSA) is 90.9 Å². The third-order valence-electron chi connectivity index (χ3n) is 6.84. The summed E-state index contributed by atoms with van der Waals surface area (Å²) in [4.78, 5) is 45.6. The van der Waals surface area contributed by atoms with E-state index in [4.69, 9.17) is 0 Å². The molecule has 0 radical (unpaired) electrons. The van der Waals surface area contributed by atoms with Gasteiger partial charge >= 0.3 is 6.18 Å². The summed E-state index contributed by atoms with van der Waals surface area (Å²) < 4.78 is 39.4. The molecule has 2 aromatic rings. The number of hydrogen-bond donors (Lipinski definition) is 2. The van der Waals surface area contributed by atoms with Crippen LogP contribution in [0.5, 0.6) is 0 Å². The van der Waals surface area contributed by atoms with Crippen molar-refractivity contribution in [2.24, 2.45) is 16.3 Å². The predicted molar refractivity (Wildman–Crippen MR) is 133 cm³/mol. The number of anilines is 1. The van der Waals surface area contributed by atoms with Crippen LogP contribution in [-0.2, 0) is 20.6 Å². The zero-order valence-electron chi connectivity index (χ0n) is 20.9. The first-order valence-electron chi connectivity index (χ1n) is 12.2. The van der Waals surface area contributed by atoms with E-state index in [1.165, 1.54) is 17.0 Å². The first kappa shape index (κ1) is 26.4. The van der Waals surface area contributed by atoms with E-state index < -0.39 is 35.1 Å². The van der Waals surface area contributed by atoms with Crippen molar-refractivity contribution < 1.29 is 27.6 Å². The monoisotopic (exact) mass is 514 g/mol. The summed E-state index contributed by atoms with van der Waals surface area (Å²) >= 11 is 0. The standard InChI is InChI=1S/C27H29F3N4O3/c1-16(2)15-31-24(36)26(13-6-14-26)25(37)33-22-23(35)34(3)20-8-5-4-7-19(20)21(32-22)17-9-11-18(12-10-17)27(28,29)30/h4-5,7-12,16,22H,6,13-15H2,1-3H3,(H,31,36)(H,33,37)/t22-/m1/s1. The normalized spacial score (nSPS) is 18.9. The Morgan fingerprint density at radius 2 is 1.73 bits per heavy atom. The Bertz CT molecular complexity index is 1230. The second kappa shape index (κ2) is 9.99. The second-order valence-electron chi connectivity index (χ2n) is 9.88. The molecule has 1 aliphatic heterocycles. The molecule has 3 amide bonds. The lowest BCUT2D eigenvalue weighted by molar-refractivity contribution is -0.151. The molecule has 37 heavy (non-hydrogen) atoms. The molecule has 1 fully saturated rings. The molecule has 1 heterocycles. The van der Waals surface area contributed by atoms with Crippen LogP contribution in [0.4, 0.5) is 18.9 Å². The molecular formula is C27H29F3N4O3. The molecule has 1 atom stereocenters. The van der Waals surface area contributed by atoms with Crippen molar-refractivity contribution >= 4 is 29.1 Å². The van der Waals surface area contributed by atoms with E-state index >= 15 is 0 Å². The molecule has 2 aliphatic rings. The fourth-order valence-electron chi connectivity index (χ4n) is 4.48. The van der Waals surface area contributed by atoms with Gasteiger partial charge in [-0.3, -0.25) is 14.4 Å². The zero-order valence-corrected chi connectivity index (χ0v) is 20.9. The Labute approximate surface area is 213 Å². The number of carbonyl (C=O) groups is 3. The molecule has 7 nitrogen and oxygen atoms in total. The summed E-state index contributed by atoms with van der Waals surface area (Å²) in [5, 5.41) is 5.48. The van der Waals surface area contributed by atoms with Crippen LogP contribution < -0.4 is 15.5 Å². The molecule has 4 rings (SSSR count). The van der Waals surface area contributed by atoms with E-state index in [2.05, 4.69) is 15.6 Å². The zero-order chi connectivity index (χ0) is 27.0. The number of hydrogen-bond acceptors (Lipinski definition) is 4. The highest BCUT2D eigenvalue weighted by Gasteiger charge is 2.51. The number of likely N-dealkylation sites (N-methyl/N-ethyl adjacent to an activating group) is 1. The van der Waals surface area contributed by atoms with Crippen LogP contribution in [-0.4, -0.2) is 43.2 Å². The lowest BCUT2D eigenvalue weighted by Gasteiger charge is -2.39. The minimum atomic E-state index is -4.50. The van der Waals surface area contributed by atoms with Crippen LogP contribution in [0.2, 0.25) is 0 Å². The second-order valence-corrected chi connectivity index (χ2v) is 9.88. The van der Waals surface area contributed by atoms with Crippen molar-refractivity contribution in [1.29, 1.82) is 0 Å². The van der Waals surface area contributed by atoms with Crippen molar-refractivity contribution in [1.82, 2.24) is 10.6 Å². The Morgan fingerprint density at radius 1 is 1.08 bits per heavy atom. The van der Waals surface area contributed by atoms with Gasteiger partial charge in [-0.1, -0.05) is 50.6 Å². The summed E-state index contributed by atoms with van der Waals surface area (Å²) in [5.41, 5.74) is -0.443. The SMILES string of the molecule is CC(C)CNC(=O)C1(C(=O)N[C@H]2N=C(c3ccc(C(F)(F)F)cc3)c3ccccc3N(C)C2=O)CCC1. The third-order valence-corrected chi connectivity index (χ3v) is 6.84. The van der Waals surface area contributed by atoms with Gasteiger partial charge in [-0.15, -0.1) is 0 Å². The summed E-state index contributed by atoms with van der Waals surface area (Å²) in [5.74, 6) is -1.29. The van der Waals surface area contributed by atoms with Crippen LogP contribution in [0, 0.1) is 11.3 Å². The van der Waals surface area contributed by atoms with Gasteiger partial charge in [0.1, 0.15) is 5.41 Å². The maximum atomic E-state index is 13.4. The molecule has 0 unspecified atom stereocenters. The number of benzodiazepines with no additional fused rings is 1. The Hall–Kier alpha value is -3.69. The van der Waals surface area contributed by atoms with Crippen LogP contribution in [0.25, 0.3) is 0 Å². The van der Waals surface area contributed by atoms with Crippen molar-refractivity contribution in [3.63, 3.8) is 0 Å². The van der Waals surface area contributed by atoms with E-state index in [0.717, 1.165) is 12.1 Å². The number of rotatable bonds is 6. The fraction of sp³-hybridized carbons (Fsp3) is 0.407. The Balaban J connectivity index is 1.70. The molecule has 196 valence electrons. The van der Waals surface area contributed by atoms with Gasteiger partial charge in [-0.25, -0.2) is 4.99 Å². The average Bonchev–Trinajstić information content (AvgIpc) is 2.92. The molecule has 0 bridgehead atoms. The highest BCUT2D eigenvalue weighted by atomic mass is 19.4. The molecule has 1 aliphatic carbocycles. The van der Waals surface area contributed by atoms with Crippen molar-refractivity contribution in [2.75, 3.05) is 18.5 Å². The molecule has 0 aromatic heterocycles. The summed E-state index contributed by atoms with van der Waals surface area (Å²) in [6.45, 7) is 4.32. The van der Waals surface area contributed by atoms with Gasteiger partial charge < -0.3 is 15.5 Å². The quantitative estimate of drug-likeness (QED) is 0.573. The molecule has 10 heteroatoms. The van der Waals surface area contributed by atoms with Gasteiger partial charge in [-0.05, 0) is 37.0 Å². The number of nitrogens with zero attached hydrogens (tertiary/aromatic N) is 2. The highest BCUT2D eigenvalue weighted by molar-refractivity contribution is 6.20. The highest BCUT2D eigenvalue weighted by Crippen LogP contribution is 2.42. The first-order valence-corrected chi connectivity index (χ1v) is 12.2. The number of amides is 3. The van der Waals surface area contributed by atoms with Crippen LogP contribution in [0.15, 0.2) is 53.5 Å². The lowest BCUT2D eigenvalue weighted by atomic mass is 9.67. The Morgan fingerprint density at radius 3 is 2.30 bits per heavy atom. The maximum absolute atomic E-state index is 13.4. The van der Waals surface area contributed by atoms with Gasteiger partial charge in [0.2, 0.25) is 18.0 Å². The van der Waals surface area contributed by atoms with E-state index in [0.29, 0.717) is 42.6 Å². The van der Waals surface area contributed by atoms with E-state index in [9.17, 15) is 27.6 Å². The number of aliphatic imine (C=N–C) groups is 1. The number of halogens is 3. The Kier molecular flexibility index (Phi) is 7.12. The smallest absolute Gasteiger partial charge is 0.355 e. The molecular weight excluding hydrogens is 485 g/mol. The maximum Gasteiger partial charge on any atom is 0.416 e. The van der Waals surface area contributed by atoms with Crippen LogP contribution >= 0.6 is 0 Å². The summed E-state index contributed by atoms with van der Waals surface area (Å²) in [6, 6.07) is 11.4. The van der Waals surface area contributed by atoms with Gasteiger partial charge in [0, 0.05) is 24.7 Å². The van der Waals surface area contributed by atoms with Gasteiger partial charge in [0.15, 0.2) is 0 Å². The van der Waals surface area contributed by atoms with Gasteiger partial charge in [0.25, 0.3) is 5.91 Å². The third kappa shape index (κ3) is 5.10. The summed E-state index contributed by atoms with van der Waals surface area (Å²) in [6.07, 6.45) is -4.45. The van der Waals surface area contributed by atoms with Gasteiger partial charge in [-0.2, -0.15) is 13.2 Å². The van der Waals surface area contributed by atoms with Crippen molar-refractivity contribution in [3.05, 3.63) is 65.2 Å². The van der Waals surface area contributed by atoms with Gasteiger partial charge in [0.05, 0.1) is 17.0 Å². The largest absolute Gasteiger partial charge is 0.416 e. The summed E-state index contributed by atoms with van der Waals surface area (Å²) in [7, 11) is 1.54. The average molecular weight is 515 g/mol. The molecule has 2 aromatic carbocycles. The number of fused-ring (bicyclic) bond motifs is 1. The molecule has 2 N–H and O–H groups in total. The van der Waals surface area contributed by atoms with Crippen LogP contribution in [0.3, 0.4) is 0 Å². The molecule has 0 saturated heterocycles. The number of alkyl halides is 3. The van der Waals surface area contributed by atoms with E-state index in [1.807, 2.05) is 13.8 Å². The van der Waals surface area contributed by atoms with Crippen molar-refractivity contribution in [2.45, 2.75) is 45.5 Å². The minimum Gasteiger partial charge on any atom is -0.355 e. The lowest BCUT2D eigenvalue weighted by Crippen LogP contribution is -2.59. The minimum absolute atomic E-state index is 0.204. The molecule has 1 saturated carbocycles. The predicted octanol–water partition coefficient (Wildman–Crippen LogP) is 3.90. The molecule has 0 spiro atoms. The number of nitrogens with one attached hydrogen (secondary N) is 2. The number of para-hydroxylation sites is 1. The van der Waals surface area contributed by atoms with E-state index in [-0.39, 0.29) is 17.5 Å². The fourth-order valence-corrected chi connectivity index (χ4v) is 4.48. The first-order chi connectivity index (χ1) is 17.4. The van der Waals surface area contributed by atoms with Crippen molar-refractivity contribution in [3.8, 4) is 0 Å². The van der Waals surface area contributed by atoms with E-state index in [1.54, 1.807) is 31.3 Å². The number of benzene rings is 2. The van der Waals surface area contributed by atoms with Crippen LogP contribution in [0.1, 0.15) is 49.8 Å².